The van der Waals surface area contributed by atoms with Gasteiger partial charge in [0.2, 0.25) is 0 Å². The quantitative estimate of drug-likeness (QED) is 0.695. The molecule has 2 bridgehead atoms. The lowest BCUT2D eigenvalue weighted by atomic mass is 9.82. The molecule has 0 aromatic carbocycles. The molecule has 0 saturated carbocycles. The molecular formula is C12H22N2. The lowest BCUT2D eigenvalue weighted by Gasteiger charge is -2.48. The summed E-state index contributed by atoms with van der Waals surface area (Å²) in [5, 5.41) is 0. The lowest BCUT2D eigenvalue weighted by molar-refractivity contribution is 0.0333. The number of hydrogen-bond donors (Lipinski definition) is 1. The van der Waals surface area contributed by atoms with E-state index in [0.29, 0.717) is 6.04 Å². The van der Waals surface area contributed by atoms with Crippen LogP contribution >= 0.6 is 0 Å². The highest BCUT2D eigenvalue weighted by Gasteiger charge is 2.36. The second-order valence-electron chi connectivity index (χ2n) is 4.79. The first-order chi connectivity index (χ1) is 6.81. The van der Waals surface area contributed by atoms with Crippen molar-refractivity contribution < 1.29 is 0 Å². The average Bonchev–Trinajstić information content (AvgIpc) is 2.14. The van der Waals surface area contributed by atoms with Crippen molar-refractivity contribution in [2.24, 2.45) is 5.73 Å². The van der Waals surface area contributed by atoms with Gasteiger partial charge in [-0.2, -0.15) is 0 Å². The van der Waals surface area contributed by atoms with Crippen molar-refractivity contribution >= 4 is 0 Å². The van der Waals surface area contributed by atoms with Crippen LogP contribution in [-0.2, 0) is 0 Å². The maximum atomic E-state index is 6.07. The van der Waals surface area contributed by atoms with Gasteiger partial charge in [0.1, 0.15) is 0 Å². The Balaban J connectivity index is 1.97. The molecule has 14 heavy (non-hydrogen) atoms. The average molecular weight is 194 g/mol. The van der Waals surface area contributed by atoms with Gasteiger partial charge in [-0.25, -0.2) is 0 Å². The molecule has 2 N–H and O–H groups in total. The summed E-state index contributed by atoms with van der Waals surface area (Å²) in [7, 11) is 0. The summed E-state index contributed by atoms with van der Waals surface area (Å²) in [6.45, 7) is 5.00. The van der Waals surface area contributed by atoms with E-state index in [9.17, 15) is 0 Å². The Kier molecular flexibility index (Phi) is 3.24. The molecule has 2 aliphatic rings. The first kappa shape index (κ1) is 10.2. The molecule has 0 spiro atoms. The normalized spacial score (nSPS) is 38.2. The number of nitrogens with two attached hydrogens (primary N) is 1. The van der Waals surface area contributed by atoms with Crippen LogP contribution in [0.4, 0.5) is 0 Å². The van der Waals surface area contributed by atoms with Crippen LogP contribution in [0.3, 0.4) is 0 Å². The minimum Gasteiger partial charge on any atom is -0.328 e. The molecule has 0 aromatic heterocycles. The Hall–Kier alpha value is -0.340. The number of fused-ring (bicyclic) bond motifs is 2. The zero-order chi connectivity index (χ0) is 9.97. The standard InChI is InChI=1S/C12H22N2/c1-2-3-7-14-11-5-4-6-12(14)9-10(13)8-11/h2,10-12H,1,3-9,13H2. The largest absolute Gasteiger partial charge is 0.328 e. The smallest absolute Gasteiger partial charge is 0.0113 e. The Morgan fingerprint density at radius 2 is 1.93 bits per heavy atom. The molecule has 80 valence electrons. The molecule has 0 aromatic rings. The van der Waals surface area contributed by atoms with E-state index in [-0.39, 0.29) is 0 Å². The van der Waals surface area contributed by atoms with Crippen molar-refractivity contribution in [1.82, 2.24) is 4.90 Å². The maximum Gasteiger partial charge on any atom is 0.0113 e. The minimum absolute atomic E-state index is 0.463. The zero-order valence-electron chi connectivity index (χ0n) is 8.99. The summed E-state index contributed by atoms with van der Waals surface area (Å²) in [6, 6.07) is 2.01. The van der Waals surface area contributed by atoms with Gasteiger partial charge in [0.25, 0.3) is 0 Å². The van der Waals surface area contributed by atoms with E-state index < -0.39 is 0 Å². The molecular weight excluding hydrogens is 172 g/mol. The fourth-order valence-corrected chi connectivity index (χ4v) is 3.13. The molecule has 2 aliphatic heterocycles. The van der Waals surface area contributed by atoms with Gasteiger partial charge >= 0.3 is 0 Å². The van der Waals surface area contributed by atoms with Crippen molar-refractivity contribution in [1.29, 1.82) is 0 Å². The maximum absolute atomic E-state index is 6.07. The van der Waals surface area contributed by atoms with Crippen molar-refractivity contribution in [3.63, 3.8) is 0 Å². The van der Waals surface area contributed by atoms with Crippen LogP contribution in [0.1, 0.15) is 38.5 Å². The van der Waals surface area contributed by atoms with Crippen LogP contribution in [0, 0.1) is 0 Å². The third-order valence-corrected chi connectivity index (χ3v) is 3.75. The Morgan fingerprint density at radius 1 is 1.29 bits per heavy atom. The van der Waals surface area contributed by atoms with E-state index in [1.54, 1.807) is 0 Å². The van der Waals surface area contributed by atoms with E-state index in [1.807, 2.05) is 6.08 Å². The predicted octanol–water partition coefficient (Wildman–Crippen LogP) is 1.91. The van der Waals surface area contributed by atoms with Gasteiger partial charge in [-0.05, 0) is 32.1 Å². The lowest BCUT2D eigenvalue weighted by Crippen LogP contribution is -2.55. The Morgan fingerprint density at radius 3 is 2.50 bits per heavy atom. The Bertz CT molecular complexity index is 188. The predicted molar refractivity (Wildman–Crippen MR) is 60.2 cm³/mol. The van der Waals surface area contributed by atoms with Crippen molar-refractivity contribution in [3.8, 4) is 0 Å². The van der Waals surface area contributed by atoms with Gasteiger partial charge in [0.05, 0.1) is 0 Å². The summed E-state index contributed by atoms with van der Waals surface area (Å²) in [5.74, 6) is 0. The molecule has 2 saturated heterocycles. The van der Waals surface area contributed by atoms with Crippen LogP contribution < -0.4 is 5.73 Å². The second kappa shape index (κ2) is 4.45. The van der Waals surface area contributed by atoms with Crippen molar-refractivity contribution in [2.75, 3.05) is 6.54 Å². The van der Waals surface area contributed by atoms with E-state index in [2.05, 4.69) is 11.5 Å². The number of hydrogen-bond acceptors (Lipinski definition) is 2. The molecule has 2 fully saturated rings. The van der Waals surface area contributed by atoms with Crippen LogP contribution in [0.5, 0.6) is 0 Å². The third-order valence-electron chi connectivity index (χ3n) is 3.75. The molecule has 2 heteroatoms. The summed E-state index contributed by atoms with van der Waals surface area (Å²) < 4.78 is 0. The fourth-order valence-electron chi connectivity index (χ4n) is 3.13. The van der Waals surface area contributed by atoms with Gasteiger partial charge in [-0.15, -0.1) is 6.58 Å². The number of rotatable bonds is 3. The van der Waals surface area contributed by atoms with Crippen LogP contribution in [0.15, 0.2) is 12.7 Å². The molecule has 2 heterocycles. The van der Waals surface area contributed by atoms with Gasteiger partial charge in [-0.3, -0.25) is 4.90 Å². The van der Waals surface area contributed by atoms with Gasteiger partial charge < -0.3 is 5.73 Å². The van der Waals surface area contributed by atoms with E-state index >= 15 is 0 Å². The highest BCUT2D eigenvalue weighted by Crippen LogP contribution is 2.33. The highest BCUT2D eigenvalue weighted by molar-refractivity contribution is 4.94. The molecule has 0 radical (unpaired) electrons. The monoisotopic (exact) mass is 194 g/mol. The first-order valence-corrected chi connectivity index (χ1v) is 5.93. The topological polar surface area (TPSA) is 29.3 Å². The molecule has 0 amide bonds. The molecule has 2 unspecified atom stereocenters. The van der Waals surface area contributed by atoms with Gasteiger partial charge in [0.15, 0.2) is 0 Å². The number of nitrogens with zero attached hydrogens (tertiary/aromatic N) is 1. The first-order valence-electron chi connectivity index (χ1n) is 5.93. The van der Waals surface area contributed by atoms with E-state index in [0.717, 1.165) is 18.5 Å². The summed E-state index contributed by atoms with van der Waals surface area (Å²) in [5.41, 5.74) is 6.07. The van der Waals surface area contributed by atoms with Crippen LogP contribution in [0.25, 0.3) is 0 Å². The molecule has 2 atom stereocenters. The molecule has 2 rings (SSSR count). The van der Waals surface area contributed by atoms with Gasteiger partial charge in [-0.1, -0.05) is 12.5 Å². The molecule has 2 nitrogen and oxygen atoms in total. The third kappa shape index (κ3) is 2.01. The number of piperidine rings is 2. The second-order valence-corrected chi connectivity index (χ2v) is 4.79. The highest BCUT2D eigenvalue weighted by atomic mass is 15.2. The minimum atomic E-state index is 0.463. The molecule has 0 aliphatic carbocycles. The Labute approximate surface area is 87.2 Å². The van der Waals surface area contributed by atoms with Crippen molar-refractivity contribution in [3.05, 3.63) is 12.7 Å². The fraction of sp³-hybridized carbons (Fsp3) is 0.833. The zero-order valence-corrected chi connectivity index (χ0v) is 8.99. The van der Waals surface area contributed by atoms with E-state index in [1.165, 1.54) is 38.6 Å². The summed E-state index contributed by atoms with van der Waals surface area (Å²) in [4.78, 5) is 2.69. The summed E-state index contributed by atoms with van der Waals surface area (Å²) >= 11 is 0. The van der Waals surface area contributed by atoms with Crippen LogP contribution in [-0.4, -0.2) is 29.6 Å². The van der Waals surface area contributed by atoms with Gasteiger partial charge in [0, 0.05) is 24.7 Å². The van der Waals surface area contributed by atoms with Crippen molar-refractivity contribution in [2.45, 2.75) is 56.7 Å². The summed E-state index contributed by atoms with van der Waals surface area (Å²) in [6.07, 6.45) is 9.73. The van der Waals surface area contributed by atoms with Crippen LogP contribution in [0.2, 0.25) is 0 Å². The SMILES string of the molecule is C=CCCN1C2CCCC1CC(N)C2. The van der Waals surface area contributed by atoms with E-state index in [4.69, 9.17) is 5.73 Å².